The van der Waals surface area contributed by atoms with Crippen molar-refractivity contribution >= 4 is 5.97 Å². The van der Waals surface area contributed by atoms with Crippen LogP contribution in [-0.4, -0.2) is 20.9 Å². The van der Waals surface area contributed by atoms with Crippen molar-refractivity contribution in [2.75, 3.05) is 0 Å². The zero-order valence-corrected chi connectivity index (χ0v) is 10.3. The van der Waals surface area contributed by atoms with Gasteiger partial charge < -0.3 is 5.11 Å². The Morgan fingerprint density at radius 2 is 2.06 bits per heavy atom. The van der Waals surface area contributed by atoms with Crippen molar-refractivity contribution in [2.24, 2.45) is 0 Å². The van der Waals surface area contributed by atoms with Crippen molar-refractivity contribution in [2.45, 2.75) is 26.3 Å². The molecule has 0 bridgehead atoms. The van der Waals surface area contributed by atoms with Crippen LogP contribution in [0.2, 0.25) is 0 Å². The summed E-state index contributed by atoms with van der Waals surface area (Å²) in [6, 6.07) is 10.2. The standard InChI is InChI=1S/C14H16N2O2/c1-11-13(14(17)18)10-16(15-11)9-5-8-12-6-3-2-4-7-12/h2-4,6-7,10H,5,8-9H2,1H3,(H,17,18). The molecule has 0 aliphatic rings. The molecule has 0 aliphatic heterocycles. The minimum absolute atomic E-state index is 0.287. The van der Waals surface area contributed by atoms with Crippen LogP contribution in [0.15, 0.2) is 36.5 Å². The molecule has 18 heavy (non-hydrogen) atoms. The van der Waals surface area contributed by atoms with E-state index in [1.165, 1.54) is 5.56 Å². The zero-order chi connectivity index (χ0) is 13.0. The van der Waals surface area contributed by atoms with Crippen molar-refractivity contribution in [3.63, 3.8) is 0 Å². The van der Waals surface area contributed by atoms with Gasteiger partial charge in [-0.05, 0) is 25.3 Å². The van der Waals surface area contributed by atoms with Crippen molar-refractivity contribution < 1.29 is 9.90 Å². The molecule has 0 saturated carbocycles. The Morgan fingerprint density at radius 3 is 2.67 bits per heavy atom. The van der Waals surface area contributed by atoms with E-state index < -0.39 is 5.97 Å². The number of carbonyl (C=O) groups is 1. The van der Waals surface area contributed by atoms with E-state index in [0.717, 1.165) is 19.4 Å². The van der Waals surface area contributed by atoms with Crippen molar-refractivity contribution in [1.29, 1.82) is 0 Å². The second kappa shape index (κ2) is 5.49. The molecule has 0 atom stereocenters. The highest BCUT2D eigenvalue weighted by Crippen LogP contribution is 2.08. The average molecular weight is 244 g/mol. The summed E-state index contributed by atoms with van der Waals surface area (Å²) in [5, 5.41) is 13.1. The molecule has 1 N–H and O–H groups in total. The smallest absolute Gasteiger partial charge is 0.339 e. The van der Waals surface area contributed by atoms with Gasteiger partial charge >= 0.3 is 5.97 Å². The fraction of sp³-hybridized carbons (Fsp3) is 0.286. The largest absolute Gasteiger partial charge is 0.478 e. The maximum Gasteiger partial charge on any atom is 0.339 e. The highest BCUT2D eigenvalue weighted by Gasteiger charge is 2.11. The number of aryl methyl sites for hydroxylation is 3. The Kier molecular flexibility index (Phi) is 3.77. The first-order valence-electron chi connectivity index (χ1n) is 5.98. The number of benzene rings is 1. The highest BCUT2D eigenvalue weighted by molar-refractivity contribution is 5.88. The van der Waals surface area contributed by atoms with Gasteiger partial charge in [0.05, 0.1) is 5.69 Å². The van der Waals surface area contributed by atoms with Gasteiger partial charge in [-0.2, -0.15) is 5.10 Å². The van der Waals surface area contributed by atoms with Crippen LogP contribution >= 0.6 is 0 Å². The molecule has 4 heteroatoms. The van der Waals surface area contributed by atoms with E-state index >= 15 is 0 Å². The van der Waals surface area contributed by atoms with Crippen LogP contribution in [0.4, 0.5) is 0 Å². The molecule has 0 saturated heterocycles. The highest BCUT2D eigenvalue weighted by atomic mass is 16.4. The van der Waals surface area contributed by atoms with Gasteiger partial charge in [0.1, 0.15) is 5.56 Å². The topological polar surface area (TPSA) is 55.1 Å². The first-order chi connectivity index (χ1) is 8.66. The summed E-state index contributed by atoms with van der Waals surface area (Å²) in [6.07, 6.45) is 3.52. The summed E-state index contributed by atoms with van der Waals surface area (Å²) in [5.41, 5.74) is 2.15. The van der Waals surface area contributed by atoms with Gasteiger partial charge in [-0.25, -0.2) is 4.79 Å². The van der Waals surface area contributed by atoms with Crippen LogP contribution in [0.1, 0.15) is 28.0 Å². The van der Waals surface area contributed by atoms with Gasteiger partial charge in [0, 0.05) is 12.7 Å². The predicted octanol–water partition coefficient (Wildman–Crippen LogP) is 2.52. The molecule has 0 fully saturated rings. The molecular formula is C14H16N2O2. The van der Waals surface area contributed by atoms with E-state index in [1.54, 1.807) is 17.8 Å². The minimum Gasteiger partial charge on any atom is -0.478 e. The number of hydrogen-bond acceptors (Lipinski definition) is 2. The lowest BCUT2D eigenvalue weighted by molar-refractivity contribution is 0.0696. The van der Waals surface area contributed by atoms with E-state index in [1.807, 2.05) is 18.2 Å². The van der Waals surface area contributed by atoms with Crippen molar-refractivity contribution in [1.82, 2.24) is 9.78 Å². The molecular weight excluding hydrogens is 228 g/mol. The number of carboxylic acid groups (broad SMARTS) is 1. The fourth-order valence-corrected chi connectivity index (χ4v) is 1.93. The number of hydrogen-bond donors (Lipinski definition) is 1. The number of rotatable bonds is 5. The Hall–Kier alpha value is -2.10. The molecule has 94 valence electrons. The van der Waals surface area contributed by atoms with E-state index in [2.05, 4.69) is 17.2 Å². The molecule has 1 heterocycles. The molecule has 1 aromatic heterocycles. The molecule has 0 spiro atoms. The fourth-order valence-electron chi connectivity index (χ4n) is 1.93. The van der Waals surface area contributed by atoms with E-state index in [4.69, 9.17) is 5.11 Å². The number of aromatic carboxylic acids is 1. The van der Waals surface area contributed by atoms with Crippen molar-refractivity contribution in [3.8, 4) is 0 Å². The molecule has 0 aliphatic carbocycles. The van der Waals surface area contributed by atoms with Gasteiger partial charge in [0.15, 0.2) is 0 Å². The van der Waals surface area contributed by atoms with E-state index in [-0.39, 0.29) is 5.56 Å². The predicted molar refractivity (Wildman–Crippen MR) is 68.7 cm³/mol. The Bertz CT molecular complexity index is 532. The molecule has 2 aromatic rings. The summed E-state index contributed by atoms with van der Waals surface area (Å²) in [4.78, 5) is 10.9. The third-order valence-corrected chi connectivity index (χ3v) is 2.87. The summed E-state index contributed by atoms with van der Waals surface area (Å²) < 4.78 is 1.71. The SMILES string of the molecule is Cc1nn(CCCc2ccccc2)cc1C(=O)O. The number of nitrogens with zero attached hydrogens (tertiary/aromatic N) is 2. The summed E-state index contributed by atoms with van der Waals surface area (Å²) in [7, 11) is 0. The first-order valence-corrected chi connectivity index (χ1v) is 5.98. The van der Waals surface area contributed by atoms with Crippen LogP contribution in [-0.2, 0) is 13.0 Å². The summed E-state index contributed by atoms with van der Waals surface area (Å²) in [6.45, 7) is 2.46. The van der Waals surface area contributed by atoms with Gasteiger partial charge in [-0.15, -0.1) is 0 Å². The average Bonchev–Trinajstić information content (AvgIpc) is 2.72. The summed E-state index contributed by atoms with van der Waals surface area (Å²) >= 11 is 0. The molecule has 1 aromatic carbocycles. The van der Waals surface area contributed by atoms with E-state index in [9.17, 15) is 4.79 Å². The Morgan fingerprint density at radius 1 is 1.33 bits per heavy atom. The molecule has 0 unspecified atom stereocenters. The molecule has 4 nitrogen and oxygen atoms in total. The van der Waals surface area contributed by atoms with Crippen LogP contribution in [0, 0.1) is 6.92 Å². The minimum atomic E-state index is -0.915. The third kappa shape index (κ3) is 2.97. The number of carboxylic acids is 1. The maximum atomic E-state index is 10.9. The van der Waals surface area contributed by atoms with Crippen LogP contribution in [0.3, 0.4) is 0 Å². The summed E-state index contributed by atoms with van der Waals surface area (Å²) in [5.74, 6) is -0.915. The van der Waals surface area contributed by atoms with E-state index in [0.29, 0.717) is 5.69 Å². The van der Waals surface area contributed by atoms with Crippen LogP contribution < -0.4 is 0 Å². The monoisotopic (exact) mass is 244 g/mol. The lowest BCUT2D eigenvalue weighted by Crippen LogP contribution is -2.00. The Balaban J connectivity index is 1.91. The quantitative estimate of drug-likeness (QED) is 0.879. The Labute approximate surface area is 106 Å². The zero-order valence-electron chi connectivity index (χ0n) is 10.3. The third-order valence-electron chi connectivity index (χ3n) is 2.87. The van der Waals surface area contributed by atoms with Gasteiger partial charge in [-0.3, -0.25) is 4.68 Å². The van der Waals surface area contributed by atoms with Crippen LogP contribution in [0.5, 0.6) is 0 Å². The second-order valence-electron chi connectivity index (χ2n) is 4.29. The van der Waals surface area contributed by atoms with Crippen molar-refractivity contribution in [3.05, 3.63) is 53.3 Å². The lowest BCUT2D eigenvalue weighted by Gasteiger charge is -2.01. The van der Waals surface area contributed by atoms with Gasteiger partial charge in [-0.1, -0.05) is 30.3 Å². The molecule has 0 amide bonds. The second-order valence-corrected chi connectivity index (χ2v) is 4.29. The number of aromatic nitrogens is 2. The lowest BCUT2D eigenvalue weighted by atomic mass is 10.1. The molecule has 0 radical (unpaired) electrons. The first kappa shape index (κ1) is 12.4. The van der Waals surface area contributed by atoms with Gasteiger partial charge in [0.2, 0.25) is 0 Å². The van der Waals surface area contributed by atoms with Gasteiger partial charge in [0.25, 0.3) is 0 Å². The maximum absolute atomic E-state index is 10.9. The molecule has 2 rings (SSSR count). The normalized spacial score (nSPS) is 10.5. The van der Waals surface area contributed by atoms with Crippen LogP contribution in [0.25, 0.3) is 0 Å².